The van der Waals surface area contributed by atoms with Crippen LogP contribution in [-0.4, -0.2) is 35.4 Å². The standard InChI is InChI=1S/C31H25ClF3N7O2/c1-18-5-4-8-26(20-11-19(14-36-15-20)22-6-2-3-7-24(22)38-30(18)44)41-17-37-25(13-29(41)43)23-12-21(32)9-10-27(23)42-16-28(39-40-42)31(33,34)35/h2-3,6-7,9-18,26H,4-5,8H2,1H3,(H,38,44). The monoisotopic (exact) mass is 619 g/mol. The number of amides is 1. The highest BCUT2D eigenvalue weighted by Crippen LogP contribution is 2.34. The first-order chi connectivity index (χ1) is 21.1. The van der Waals surface area contributed by atoms with Crippen molar-refractivity contribution in [3.8, 4) is 28.1 Å². The molecule has 224 valence electrons. The van der Waals surface area contributed by atoms with E-state index >= 15 is 0 Å². The summed E-state index contributed by atoms with van der Waals surface area (Å²) >= 11 is 6.24. The van der Waals surface area contributed by atoms with Gasteiger partial charge in [-0.15, -0.1) is 5.10 Å². The minimum Gasteiger partial charge on any atom is -0.325 e. The third-order valence-electron chi connectivity index (χ3n) is 7.64. The van der Waals surface area contributed by atoms with Gasteiger partial charge < -0.3 is 5.32 Å². The lowest BCUT2D eigenvalue weighted by atomic mass is 9.94. The number of fused-ring (bicyclic) bond motifs is 4. The quantitative estimate of drug-likeness (QED) is 0.245. The maximum absolute atomic E-state index is 13.7. The second kappa shape index (κ2) is 11.7. The Kier molecular flexibility index (Phi) is 7.76. The van der Waals surface area contributed by atoms with Crippen molar-refractivity contribution in [2.24, 2.45) is 5.92 Å². The number of para-hydroxylation sites is 1. The van der Waals surface area contributed by atoms with E-state index in [2.05, 4.69) is 25.6 Å². The number of hydrogen-bond donors (Lipinski definition) is 1. The number of rotatable bonds is 3. The number of nitrogens with one attached hydrogen (secondary N) is 1. The molecule has 1 amide bonds. The molecule has 2 atom stereocenters. The van der Waals surface area contributed by atoms with Crippen LogP contribution in [0.25, 0.3) is 28.1 Å². The van der Waals surface area contributed by atoms with Crippen LogP contribution in [0.4, 0.5) is 18.9 Å². The van der Waals surface area contributed by atoms with Gasteiger partial charge >= 0.3 is 6.18 Å². The Bertz CT molecular complexity index is 1920. The number of aromatic nitrogens is 6. The summed E-state index contributed by atoms with van der Waals surface area (Å²) in [6.45, 7) is 1.87. The third kappa shape index (κ3) is 5.85. The molecule has 2 aromatic carbocycles. The molecule has 0 radical (unpaired) electrons. The highest BCUT2D eigenvalue weighted by Gasteiger charge is 2.35. The van der Waals surface area contributed by atoms with Crippen LogP contribution in [0.3, 0.4) is 0 Å². The first kappa shape index (κ1) is 29.2. The van der Waals surface area contributed by atoms with Gasteiger partial charge in [0.25, 0.3) is 5.56 Å². The Morgan fingerprint density at radius 1 is 1.00 bits per heavy atom. The van der Waals surface area contributed by atoms with Crippen molar-refractivity contribution >= 4 is 23.2 Å². The predicted octanol–water partition coefficient (Wildman–Crippen LogP) is 6.57. The maximum Gasteiger partial charge on any atom is 0.436 e. The van der Waals surface area contributed by atoms with Crippen molar-refractivity contribution in [3.05, 3.63) is 106 Å². The number of hydrogen-bond acceptors (Lipinski definition) is 6. The molecule has 1 N–H and O–H groups in total. The number of halogens is 4. The fourth-order valence-electron chi connectivity index (χ4n) is 5.32. The molecule has 0 saturated heterocycles. The summed E-state index contributed by atoms with van der Waals surface area (Å²) in [5.74, 6) is -0.346. The van der Waals surface area contributed by atoms with Gasteiger partial charge in [-0.05, 0) is 48.7 Å². The molecule has 5 aromatic rings. The van der Waals surface area contributed by atoms with Gasteiger partial charge in [0.05, 0.1) is 29.9 Å². The van der Waals surface area contributed by atoms with Crippen LogP contribution in [-0.2, 0) is 11.0 Å². The normalized spacial score (nSPS) is 17.2. The average Bonchev–Trinajstić information content (AvgIpc) is 3.51. The lowest BCUT2D eigenvalue weighted by molar-refractivity contribution is -0.141. The molecule has 0 saturated carbocycles. The minimum absolute atomic E-state index is 0.0889. The van der Waals surface area contributed by atoms with E-state index in [4.69, 9.17) is 11.6 Å². The smallest absolute Gasteiger partial charge is 0.325 e. The molecule has 6 rings (SSSR count). The minimum atomic E-state index is -4.67. The Morgan fingerprint density at radius 3 is 2.59 bits per heavy atom. The molecule has 9 nitrogen and oxygen atoms in total. The van der Waals surface area contributed by atoms with Gasteiger partial charge in [-0.25, -0.2) is 9.67 Å². The molecule has 0 spiro atoms. The summed E-state index contributed by atoms with van der Waals surface area (Å²) < 4.78 is 42.1. The van der Waals surface area contributed by atoms with Crippen molar-refractivity contribution in [2.75, 3.05) is 5.32 Å². The summed E-state index contributed by atoms with van der Waals surface area (Å²) in [5, 5.41) is 10.2. The van der Waals surface area contributed by atoms with Gasteiger partial charge in [0.1, 0.15) is 0 Å². The zero-order valence-electron chi connectivity index (χ0n) is 23.3. The number of pyridine rings is 1. The van der Waals surface area contributed by atoms with Crippen molar-refractivity contribution in [2.45, 2.75) is 38.4 Å². The van der Waals surface area contributed by atoms with E-state index in [0.29, 0.717) is 35.5 Å². The van der Waals surface area contributed by atoms with E-state index in [-0.39, 0.29) is 28.8 Å². The number of nitrogens with zero attached hydrogens (tertiary/aromatic N) is 6. The first-order valence-corrected chi connectivity index (χ1v) is 14.2. The van der Waals surface area contributed by atoms with Crippen molar-refractivity contribution in [3.63, 3.8) is 0 Å². The van der Waals surface area contributed by atoms with Crippen molar-refractivity contribution in [1.29, 1.82) is 0 Å². The summed E-state index contributed by atoms with van der Waals surface area (Å²) in [7, 11) is 0. The maximum atomic E-state index is 13.7. The molecule has 0 fully saturated rings. The van der Waals surface area contributed by atoms with Crippen LogP contribution in [0.1, 0.15) is 43.5 Å². The highest BCUT2D eigenvalue weighted by molar-refractivity contribution is 6.31. The SMILES string of the molecule is CC1CCCC(n2cnc(-c3cc(Cl)ccc3-n3cc(C(F)(F)F)nn3)cc2=O)c2cncc(c2)-c2ccccc2NC1=O. The number of alkyl halides is 3. The van der Waals surface area contributed by atoms with E-state index in [9.17, 15) is 22.8 Å². The van der Waals surface area contributed by atoms with E-state index in [0.717, 1.165) is 27.6 Å². The van der Waals surface area contributed by atoms with Gasteiger partial charge in [0, 0.05) is 51.8 Å². The Balaban J connectivity index is 1.42. The van der Waals surface area contributed by atoms with Crippen LogP contribution in [0.5, 0.6) is 0 Å². The summed E-state index contributed by atoms with van der Waals surface area (Å²) in [6, 6.07) is 14.8. The second-order valence-electron chi connectivity index (χ2n) is 10.6. The molecule has 2 unspecified atom stereocenters. The number of benzene rings is 2. The largest absolute Gasteiger partial charge is 0.436 e. The summed E-state index contributed by atoms with van der Waals surface area (Å²) in [6.07, 6.45) is 2.70. The van der Waals surface area contributed by atoms with Crippen LogP contribution >= 0.6 is 11.6 Å². The van der Waals surface area contributed by atoms with Crippen LogP contribution in [0.15, 0.2) is 84.3 Å². The van der Waals surface area contributed by atoms with Gasteiger partial charge in [-0.2, -0.15) is 13.2 Å². The van der Waals surface area contributed by atoms with Gasteiger partial charge in [0.15, 0.2) is 5.69 Å². The van der Waals surface area contributed by atoms with Crippen LogP contribution in [0, 0.1) is 5.92 Å². The Labute approximate surface area is 254 Å². The van der Waals surface area contributed by atoms with Gasteiger partial charge in [-0.3, -0.25) is 19.1 Å². The number of carbonyl (C=O) groups is 1. The average molecular weight is 620 g/mol. The molecule has 1 aliphatic rings. The molecule has 0 aliphatic carbocycles. The molecule has 44 heavy (non-hydrogen) atoms. The fourth-order valence-corrected chi connectivity index (χ4v) is 5.49. The number of carbonyl (C=O) groups excluding carboxylic acids is 1. The van der Waals surface area contributed by atoms with Gasteiger partial charge in [0.2, 0.25) is 5.91 Å². The Hall–Kier alpha value is -4.84. The van der Waals surface area contributed by atoms with Crippen molar-refractivity contribution < 1.29 is 18.0 Å². The zero-order chi connectivity index (χ0) is 31.0. The van der Waals surface area contributed by atoms with Crippen molar-refractivity contribution in [1.82, 2.24) is 29.5 Å². The second-order valence-corrected chi connectivity index (χ2v) is 11.1. The highest BCUT2D eigenvalue weighted by atomic mass is 35.5. The lowest BCUT2D eigenvalue weighted by Crippen LogP contribution is -2.26. The molecule has 3 aromatic heterocycles. The molecule has 1 aliphatic heterocycles. The summed E-state index contributed by atoms with van der Waals surface area (Å²) in [4.78, 5) is 35.6. The lowest BCUT2D eigenvalue weighted by Gasteiger charge is -2.23. The topological polar surface area (TPSA) is 108 Å². The molecular weight excluding hydrogens is 595 g/mol. The van der Waals surface area contributed by atoms with Crippen LogP contribution < -0.4 is 10.9 Å². The predicted molar refractivity (Wildman–Crippen MR) is 158 cm³/mol. The van der Waals surface area contributed by atoms with E-state index in [1.54, 1.807) is 12.4 Å². The van der Waals surface area contributed by atoms with Crippen LogP contribution in [0.2, 0.25) is 5.02 Å². The molecule has 13 heteroatoms. The third-order valence-corrected chi connectivity index (χ3v) is 7.87. The fraction of sp³-hybridized carbons (Fsp3) is 0.226. The van der Waals surface area contributed by atoms with E-state index < -0.39 is 17.9 Å². The first-order valence-electron chi connectivity index (χ1n) is 13.8. The zero-order valence-corrected chi connectivity index (χ0v) is 24.0. The Morgan fingerprint density at radius 2 is 1.82 bits per heavy atom. The molecule has 4 heterocycles. The van der Waals surface area contributed by atoms with E-state index in [1.165, 1.54) is 35.2 Å². The van der Waals surface area contributed by atoms with Gasteiger partial charge in [-0.1, -0.05) is 48.4 Å². The molecule has 2 bridgehead atoms. The summed E-state index contributed by atoms with van der Waals surface area (Å²) in [5.41, 5.74) is 2.23. The number of anilines is 1. The van der Waals surface area contributed by atoms with E-state index in [1.807, 2.05) is 37.3 Å². The molecular formula is C31H25ClF3N7O2.